The largest absolute Gasteiger partial charge is 1.00 e. The zero-order valence-electron chi connectivity index (χ0n) is 15.2. The van der Waals surface area contributed by atoms with Gasteiger partial charge in [-0.15, -0.1) is 0 Å². The Morgan fingerprint density at radius 3 is 2.08 bits per heavy atom. The molecule has 0 bridgehead atoms. The third-order valence-corrected chi connectivity index (χ3v) is 3.99. The van der Waals surface area contributed by atoms with Crippen molar-refractivity contribution in [3.05, 3.63) is 12.2 Å². The topological polar surface area (TPSA) is 97.7 Å². The van der Waals surface area contributed by atoms with E-state index >= 15 is 0 Å². The van der Waals surface area contributed by atoms with Crippen molar-refractivity contribution in [2.75, 3.05) is 26.4 Å². The van der Waals surface area contributed by atoms with Crippen LogP contribution in [0, 0.1) is 0 Å². The maximum Gasteiger partial charge on any atom is 1.00 e. The molecule has 0 saturated heterocycles. The van der Waals surface area contributed by atoms with Crippen LogP contribution < -0.4 is 24.0 Å². The van der Waals surface area contributed by atoms with Crippen molar-refractivity contribution in [3.8, 4) is 0 Å². The minimum Gasteiger partial charge on any atom is -0.550 e. The Hall–Kier alpha value is -0.803. The van der Waals surface area contributed by atoms with Gasteiger partial charge in [-0.1, -0.05) is 19.1 Å². The first-order valence-electron chi connectivity index (χ1n) is 8.48. The number of hydrogen-bond acceptors (Lipinski definition) is 4. The number of nitrogens with zero attached hydrogens (tertiary/aromatic N) is 1. The van der Waals surface area contributed by atoms with Crippen LogP contribution in [0.3, 0.4) is 0 Å². The second kappa shape index (κ2) is 15.7. The molecule has 0 aliphatic heterocycles. The SMILES string of the molecule is CC/C=C/CCCC[N+](CO)(CCCC(=O)[O-])CCCC(=O)O.[Li+]. The summed E-state index contributed by atoms with van der Waals surface area (Å²) in [5.74, 6) is -1.93. The van der Waals surface area contributed by atoms with Gasteiger partial charge < -0.3 is 24.6 Å². The number of unbranched alkanes of at least 4 members (excludes halogenated alkanes) is 2. The predicted molar refractivity (Wildman–Crippen MR) is 86.3 cm³/mol. The fourth-order valence-corrected chi connectivity index (χ4v) is 2.67. The molecule has 0 rings (SSSR count). The maximum atomic E-state index is 10.7. The molecule has 0 aliphatic carbocycles. The molecule has 0 spiro atoms. The van der Waals surface area contributed by atoms with E-state index in [2.05, 4.69) is 19.1 Å². The van der Waals surface area contributed by atoms with Crippen LogP contribution >= 0.6 is 0 Å². The summed E-state index contributed by atoms with van der Waals surface area (Å²) in [7, 11) is 0. The van der Waals surface area contributed by atoms with Crippen molar-refractivity contribution >= 4 is 11.9 Å². The zero-order valence-corrected chi connectivity index (χ0v) is 15.2. The number of aliphatic carboxylic acids is 2. The standard InChI is InChI=1S/C17H31NO5.Li/c1-2-3-4-5-6-7-12-18(15-19,13-8-10-16(20)21)14-9-11-17(22)23;/h3-4,19H,2,5-15H2,1H3,(H-,20,21,22,23);/q;+1/b4-3+;. The minimum atomic E-state index is -1.09. The van der Waals surface area contributed by atoms with Gasteiger partial charge in [-0.2, -0.15) is 0 Å². The second-order valence-corrected chi connectivity index (χ2v) is 6.00. The van der Waals surface area contributed by atoms with E-state index in [9.17, 15) is 19.8 Å². The van der Waals surface area contributed by atoms with E-state index in [1.807, 2.05) is 0 Å². The van der Waals surface area contributed by atoms with Gasteiger partial charge in [-0.25, -0.2) is 0 Å². The van der Waals surface area contributed by atoms with Gasteiger partial charge in [-0.05, 0) is 32.1 Å². The van der Waals surface area contributed by atoms with E-state index < -0.39 is 11.9 Å². The number of carboxylic acids is 2. The molecule has 0 aliphatic rings. The van der Waals surface area contributed by atoms with Gasteiger partial charge in [-0.3, -0.25) is 4.79 Å². The molecule has 0 radical (unpaired) electrons. The Labute approximate surface area is 157 Å². The number of allylic oxidation sites excluding steroid dienone is 2. The van der Waals surface area contributed by atoms with Gasteiger partial charge in [0.15, 0.2) is 6.73 Å². The van der Waals surface area contributed by atoms with Crippen LogP contribution in [0.1, 0.15) is 58.3 Å². The number of carbonyl (C=O) groups is 2. The molecule has 0 heterocycles. The first kappa shape index (κ1) is 25.4. The quantitative estimate of drug-likeness (QED) is 0.122. The molecule has 7 heteroatoms. The van der Waals surface area contributed by atoms with Crippen LogP contribution in [0.15, 0.2) is 12.2 Å². The predicted octanol–water partition coefficient (Wildman–Crippen LogP) is -1.71. The molecule has 0 aromatic carbocycles. The monoisotopic (exact) mass is 336 g/mol. The van der Waals surface area contributed by atoms with Crippen LogP contribution in [0.4, 0.5) is 0 Å². The smallest absolute Gasteiger partial charge is 0.550 e. The summed E-state index contributed by atoms with van der Waals surface area (Å²) in [6.07, 6.45) is 9.18. The average molecular weight is 336 g/mol. The van der Waals surface area contributed by atoms with Gasteiger partial charge in [0.25, 0.3) is 0 Å². The van der Waals surface area contributed by atoms with Gasteiger partial charge in [0.1, 0.15) is 0 Å². The van der Waals surface area contributed by atoms with Gasteiger partial charge in [0, 0.05) is 18.8 Å². The van der Waals surface area contributed by atoms with Crippen LogP contribution in [-0.4, -0.2) is 53.0 Å². The normalized spacial score (nSPS) is 13.4. The summed E-state index contributed by atoms with van der Waals surface area (Å²) in [5.41, 5.74) is 0. The molecule has 1 atom stereocenters. The molecule has 0 fully saturated rings. The van der Waals surface area contributed by atoms with E-state index in [1.54, 1.807) is 0 Å². The molecule has 6 nitrogen and oxygen atoms in total. The van der Waals surface area contributed by atoms with E-state index in [1.165, 1.54) is 0 Å². The summed E-state index contributed by atoms with van der Waals surface area (Å²) in [5, 5.41) is 29.1. The summed E-state index contributed by atoms with van der Waals surface area (Å²) in [6, 6.07) is 0. The van der Waals surface area contributed by atoms with Crippen LogP contribution in [0.25, 0.3) is 0 Å². The molecule has 2 N–H and O–H groups in total. The molecule has 134 valence electrons. The summed E-state index contributed by atoms with van der Waals surface area (Å²) in [4.78, 5) is 21.2. The van der Waals surface area contributed by atoms with Crippen LogP contribution in [0.5, 0.6) is 0 Å². The van der Waals surface area contributed by atoms with Crippen molar-refractivity contribution in [3.63, 3.8) is 0 Å². The molecule has 0 aromatic heterocycles. The number of carboxylic acid groups (broad SMARTS) is 2. The van der Waals surface area contributed by atoms with Crippen molar-refractivity contribution in [1.29, 1.82) is 0 Å². The van der Waals surface area contributed by atoms with E-state index in [-0.39, 0.29) is 38.4 Å². The molecule has 0 aromatic rings. The van der Waals surface area contributed by atoms with Crippen molar-refractivity contribution < 1.29 is 48.3 Å². The summed E-state index contributed by atoms with van der Waals surface area (Å²) in [6.45, 7) is 3.83. The Morgan fingerprint density at radius 1 is 1.00 bits per heavy atom. The Kier molecular flexibility index (Phi) is 16.7. The van der Waals surface area contributed by atoms with Crippen molar-refractivity contribution in [2.24, 2.45) is 0 Å². The Morgan fingerprint density at radius 2 is 1.58 bits per heavy atom. The Bertz CT molecular complexity index is 354. The fraction of sp³-hybridized carbons (Fsp3) is 0.765. The molecule has 1 unspecified atom stereocenters. The zero-order chi connectivity index (χ0) is 17.6. The number of hydrogen-bond donors (Lipinski definition) is 2. The average Bonchev–Trinajstić information content (AvgIpc) is 2.49. The molecule has 0 amide bonds. The molecular weight excluding hydrogens is 305 g/mol. The number of quaternary nitrogens is 1. The first-order valence-corrected chi connectivity index (χ1v) is 8.48. The maximum absolute atomic E-state index is 10.7. The Balaban J connectivity index is 0. The third kappa shape index (κ3) is 13.6. The van der Waals surface area contributed by atoms with Crippen molar-refractivity contribution in [2.45, 2.75) is 58.3 Å². The van der Waals surface area contributed by atoms with E-state index in [0.717, 1.165) is 32.2 Å². The number of carbonyl (C=O) groups excluding carboxylic acids is 1. The van der Waals surface area contributed by atoms with E-state index in [4.69, 9.17) is 5.11 Å². The molecule has 0 saturated carbocycles. The van der Waals surface area contributed by atoms with Gasteiger partial charge >= 0.3 is 24.8 Å². The van der Waals surface area contributed by atoms with Crippen molar-refractivity contribution in [1.82, 2.24) is 0 Å². The number of aliphatic hydroxyl groups excluding tert-OH is 1. The minimum absolute atomic E-state index is 0. The number of aliphatic hydroxyl groups is 1. The van der Waals surface area contributed by atoms with Crippen LogP contribution in [0.2, 0.25) is 0 Å². The third-order valence-electron chi connectivity index (χ3n) is 3.99. The van der Waals surface area contributed by atoms with Crippen LogP contribution in [-0.2, 0) is 9.59 Å². The van der Waals surface area contributed by atoms with E-state index in [0.29, 0.717) is 30.4 Å². The summed E-state index contributed by atoms with van der Waals surface area (Å²) < 4.78 is 0.373. The second-order valence-electron chi connectivity index (χ2n) is 6.00. The van der Waals surface area contributed by atoms with Gasteiger partial charge in [0.2, 0.25) is 0 Å². The van der Waals surface area contributed by atoms with Gasteiger partial charge in [0.05, 0.1) is 26.1 Å². The molecular formula is C17H31LiNO5+. The first-order chi connectivity index (χ1) is 11.0. The summed E-state index contributed by atoms with van der Waals surface area (Å²) >= 11 is 0. The fourth-order valence-electron chi connectivity index (χ4n) is 2.67. The molecule has 24 heavy (non-hydrogen) atoms. The number of rotatable bonds is 15.